The fourth-order valence-corrected chi connectivity index (χ4v) is 2.60. The Morgan fingerprint density at radius 2 is 2.15 bits per heavy atom. The number of ether oxygens (including phenoxy) is 1. The van der Waals surface area contributed by atoms with Crippen molar-refractivity contribution >= 4 is 17.0 Å². The molecule has 1 atom stereocenters. The highest BCUT2D eigenvalue weighted by Crippen LogP contribution is 2.33. The fraction of sp³-hybridized carbons (Fsp3) is 0.462. The topological polar surface area (TPSA) is 53.1 Å². The van der Waals surface area contributed by atoms with E-state index in [2.05, 4.69) is 4.98 Å². The van der Waals surface area contributed by atoms with Crippen molar-refractivity contribution in [3.05, 3.63) is 23.8 Å². The number of hydrogen-bond acceptors (Lipinski definition) is 3. The summed E-state index contributed by atoms with van der Waals surface area (Å²) in [5.74, 6) is 0.231. The molecule has 2 heterocycles. The van der Waals surface area contributed by atoms with E-state index in [0.29, 0.717) is 18.7 Å². The summed E-state index contributed by atoms with van der Waals surface area (Å²) < 4.78 is 45.3. The molecule has 1 fully saturated rings. The molecule has 1 aromatic heterocycles. The predicted molar refractivity (Wildman–Crippen MR) is 68.2 cm³/mol. The van der Waals surface area contributed by atoms with E-state index in [0.717, 1.165) is 25.0 Å². The van der Waals surface area contributed by atoms with E-state index >= 15 is 0 Å². The number of aromatic nitrogens is 2. The lowest BCUT2D eigenvalue weighted by molar-refractivity contribution is -0.137. The highest BCUT2D eigenvalue weighted by molar-refractivity contribution is 5.79. The maximum Gasteiger partial charge on any atom is 0.416 e. The number of rotatable bonds is 1. The van der Waals surface area contributed by atoms with Gasteiger partial charge in [0.15, 0.2) is 0 Å². The summed E-state index contributed by atoms with van der Waals surface area (Å²) in [6, 6.07) is 3.55. The molecule has 1 aromatic carbocycles. The van der Waals surface area contributed by atoms with E-state index in [1.165, 1.54) is 6.07 Å². The Kier molecular flexibility index (Phi) is 3.08. The third-order valence-electron chi connectivity index (χ3n) is 3.55. The summed E-state index contributed by atoms with van der Waals surface area (Å²) in [4.78, 5) is 4.05. The number of fused-ring (bicyclic) bond motifs is 1. The van der Waals surface area contributed by atoms with Gasteiger partial charge in [-0.15, -0.1) is 0 Å². The Labute approximate surface area is 113 Å². The van der Waals surface area contributed by atoms with E-state index in [4.69, 9.17) is 10.5 Å². The molecule has 1 aliphatic heterocycles. The summed E-state index contributed by atoms with van der Waals surface area (Å²) in [6.45, 7) is 1.22. The minimum atomic E-state index is -4.37. The van der Waals surface area contributed by atoms with Crippen molar-refractivity contribution in [3.63, 3.8) is 0 Å². The zero-order valence-corrected chi connectivity index (χ0v) is 10.7. The van der Waals surface area contributed by atoms with Crippen LogP contribution in [0.1, 0.15) is 24.4 Å². The number of nitrogens with zero attached hydrogens (tertiary/aromatic N) is 2. The summed E-state index contributed by atoms with van der Waals surface area (Å²) >= 11 is 0. The highest BCUT2D eigenvalue weighted by atomic mass is 19.4. The van der Waals surface area contributed by atoms with Gasteiger partial charge in [0.25, 0.3) is 0 Å². The molecule has 4 nitrogen and oxygen atoms in total. The van der Waals surface area contributed by atoms with Crippen molar-refractivity contribution in [3.8, 4) is 0 Å². The molecule has 0 bridgehead atoms. The van der Waals surface area contributed by atoms with Gasteiger partial charge in [0, 0.05) is 6.61 Å². The summed E-state index contributed by atoms with van der Waals surface area (Å²) in [6.07, 6.45) is -2.58. The number of halogens is 3. The molecule has 0 amide bonds. The molecule has 7 heteroatoms. The molecular weight excluding hydrogens is 271 g/mol. The van der Waals surface area contributed by atoms with Crippen molar-refractivity contribution in [1.29, 1.82) is 0 Å². The maximum absolute atomic E-state index is 12.7. The first-order valence-electron chi connectivity index (χ1n) is 6.39. The van der Waals surface area contributed by atoms with E-state index in [1.54, 1.807) is 4.57 Å². The molecule has 0 spiro atoms. The van der Waals surface area contributed by atoms with Gasteiger partial charge in [-0.2, -0.15) is 13.2 Å². The first kappa shape index (κ1) is 13.2. The van der Waals surface area contributed by atoms with E-state index in [9.17, 15) is 13.2 Å². The number of imidazole rings is 1. The molecule has 0 saturated carbocycles. The standard InChI is InChI=1S/C13H14F3N3O/c14-13(15,16)8-3-4-11-10(6-8)18-12(17)19(11)9-2-1-5-20-7-9/h3-4,6,9H,1-2,5,7H2,(H2,17,18). The number of nitrogen functional groups attached to an aromatic ring is 1. The minimum absolute atomic E-state index is 0.0329. The van der Waals surface area contributed by atoms with Crippen LogP contribution in [0.3, 0.4) is 0 Å². The normalized spacial score (nSPS) is 20.4. The zero-order valence-electron chi connectivity index (χ0n) is 10.7. The van der Waals surface area contributed by atoms with Gasteiger partial charge < -0.3 is 15.0 Å². The first-order valence-corrected chi connectivity index (χ1v) is 6.39. The van der Waals surface area contributed by atoms with E-state index in [-0.39, 0.29) is 17.5 Å². The molecule has 20 heavy (non-hydrogen) atoms. The molecule has 2 N–H and O–H groups in total. The van der Waals surface area contributed by atoms with Crippen LogP contribution in [0.5, 0.6) is 0 Å². The minimum Gasteiger partial charge on any atom is -0.379 e. The second-order valence-corrected chi connectivity index (χ2v) is 4.91. The monoisotopic (exact) mass is 285 g/mol. The SMILES string of the molecule is Nc1nc2cc(C(F)(F)F)ccc2n1C1CCCOC1. The van der Waals surface area contributed by atoms with Crippen LogP contribution in [0.25, 0.3) is 11.0 Å². The third kappa shape index (κ3) is 2.22. The summed E-state index contributed by atoms with van der Waals surface area (Å²) in [5, 5.41) is 0. The predicted octanol–water partition coefficient (Wildman–Crippen LogP) is 2.99. The number of benzene rings is 1. The lowest BCUT2D eigenvalue weighted by Crippen LogP contribution is -2.22. The second kappa shape index (κ2) is 4.66. The molecule has 1 aliphatic rings. The van der Waals surface area contributed by atoms with E-state index < -0.39 is 11.7 Å². The van der Waals surface area contributed by atoms with Crippen LogP contribution in [-0.2, 0) is 10.9 Å². The fourth-order valence-electron chi connectivity index (χ4n) is 2.60. The van der Waals surface area contributed by atoms with Gasteiger partial charge in [-0.1, -0.05) is 0 Å². The van der Waals surface area contributed by atoms with Crippen LogP contribution in [0.4, 0.5) is 19.1 Å². The molecule has 0 aliphatic carbocycles. The van der Waals surface area contributed by atoms with Gasteiger partial charge in [0.2, 0.25) is 5.95 Å². The van der Waals surface area contributed by atoms with Gasteiger partial charge in [-0.25, -0.2) is 4.98 Å². The Balaban J connectivity index is 2.07. The van der Waals surface area contributed by atoms with Gasteiger partial charge in [-0.05, 0) is 31.0 Å². The summed E-state index contributed by atoms with van der Waals surface area (Å²) in [5.41, 5.74) is 6.03. The zero-order chi connectivity index (χ0) is 14.3. The number of nitrogens with two attached hydrogens (primary N) is 1. The van der Waals surface area contributed by atoms with Crippen LogP contribution in [0.2, 0.25) is 0 Å². The largest absolute Gasteiger partial charge is 0.416 e. The average Bonchev–Trinajstić information content (AvgIpc) is 2.73. The highest BCUT2D eigenvalue weighted by Gasteiger charge is 2.31. The Hall–Kier alpha value is -1.76. The van der Waals surface area contributed by atoms with Crippen LogP contribution in [0.15, 0.2) is 18.2 Å². The Morgan fingerprint density at radius 3 is 2.80 bits per heavy atom. The number of alkyl halides is 3. The molecule has 108 valence electrons. The van der Waals surface area contributed by atoms with Crippen LogP contribution >= 0.6 is 0 Å². The van der Waals surface area contributed by atoms with Crippen molar-refractivity contribution in [1.82, 2.24) is 9.55 Å². The number of hydrogen-bond donors (Lipinski definition) is 1. The van der Waals surface area contributed by atoms with Crippen LogP contribution in [0, 0.1) is 0 Å². The van der Waals surface area contributed by atoms with Crippen molar-refractivity contribution < 1.29 is 17.9 Å². The lowest BCUT2D eigenvalue weighted by atomic mass is 10.1. The Bertz CT molecular complexity index is 630. The third-order valence-corrected chi connectivity index (χ3v) is 3.55. The smallest absolute Gasteiger partial charge is 0.379 e. The maximum atomic E-state index is 12.7. The molecule has 1 unspecified atom stereocenters. The quantitative estimate of drug-likeness (QED) is 0.876. The van der Waals surface area contributed by atoms with Crippen molar-refractivity contribution in [2.75, 3.05) is 18.9 Å². The van der Waals surface area contributed by atoms with Gasteiger partial charge in [0.1, 0.15) is 0 Å². The molecule has 1 saturated heterocycles. The molecule has 3 rings (SSSR count). The van der Waals surface area contributed by atoms with Gasteiger partial charge >= 0.3 is 6.18 Å². The lowest BCUT2D eigenvalue weighted by Gasteiger charge is -2.24. The van der Waals surface area contributed by atoms with Crippen molar-refractivity contribution in [2.24, 2.45) is 0 Å². The molecule has 0 radical (unpaired) electrons. The Morgan fingerprint density at radius 1 is 1.35 bits per heavy atom. The number of anilines is 1. The first-order chi connectivity index (χ1) is 9.47. The van der Waals surface area contributed by atoms with Crippen LogP contribution in [-0.4, -0.2) is 22.8 Å². The molecule has 2 aromatic rings. The second-order valence-electron chi connectivity index (χ2n) is 4.91. The van der Waals surface area contributed by atoms with Crippen molar-refractivity contribution in [2.45, 2.75) is 25.1 Å². The van der Waals surface area contributed by atoms with E-state index in [1.807, 2.05) is 0 Å². The van der Waals surface area contributed by atoms with Gasteiger partial charge in [0.05, 0.1) is 29.2 Å². The van der Waals surface area contributed by atoms with Gasteiger partial charge in [-0.3, -0.25) is 0 Å². The summed E-state index contributed by atoms with van der Waals surface area (Å²) in [7, 11) is 0. The van der Waals surface area contributed by atoms with Crippen LogP contribution < -0.4 is 5.73 Å². The molecular formula is C13H14F3N3O. The average molecular weight is 285 g/mol.